The van der Waals surface area contributed by atoms with Crippen molar-refractivity contribution in [2.45, 2.75) is 6.61 Å². The lowest BCUT2D eigenvalue weighted by molar-refractivity contribution is 0.275. The Hall–Kier alpha value is -1.17. The molecule has 1 aromatic carbocycles. The molecule has 0 saturated heterocycles. The van der Waals surface area contributed by atoms with Crippen molar-refractivity contribution in [1.29, 1.82) is 0 Å². The zero-order chi connectivity index (χ0) is 13.1. The molecule has 0 amide bonds. The highest BCUT2D eigenvalue weighted by atomic mass is 79.9. The van der Waals surface area contributed by atoms with Crippen LogP contribution in [0, 0.1) is 5.82 Å². The Morgan fingerprint density at radius 1 is 1.33 bits per heavy atom. The minimum Gasteiger partial charge on any atom is -0.438 e. The molecule has 18 heavy (non-hydrogen) atoms. The van der Waals surface area contributed by atoms with E-state index in [1.807, 2.05) is 0 Å². The van der Waals surface area contributed by atoms with E-state index in [0.717, 1.165) is 0 Å². The van der Waals surface area contributed by atoms with Crippen LogP contribution in [0.15, 0.2) is 34.8 Å². The predicted molar refractivity (Wildman–Crippen MR) is 69.3 cm³/mol. The van der Waals surface area contributed by atoms with Gasteiger partial charge in [0.1, 0.15) is 11.6 Å². The zero-order valence-corrected chi connectivity index (χ0v) is 11.4. The summed E-state index contributed by atoms with van der Waals surface area (Å²) in [7, 11) is 0. The molecule has 6 heteroatoms. The van der Waals surface area contributed by atoms with Gasteiger partial charge < -0.3 is 9.84 Å². The summed E-state index contributed by atoms with van der Waals surface area (Å²) in [5.41, 5.74) is 0.307. The molecule has 1 heterocycles. The highest BCUT2D eigenvalue weighted by Gasteiger charge is 2.08. The highest BCUT2D eigenvalue weighted by molar-refractivity contribution is 9.10. The standard InChI is InChI=1S/C12H8BrClFNO2/c13-8-2-1-7(15)5-11(8)18-12-4-3-9(14)10(6-17)16-12/h1-5,17H,6H2. The Morgan fingerprint density at radius 3 is 2.83 bits per heavy atom. The van der Waals surface area contributed by atoms with Gasteiger partial charge in [0.2, 0.25) is 5.88 Å². The molecular weight excluding hydrogens is 324 g/mol. The molecule has 0 radical (unpaired) electrons. The average molecular weight is 333 g/mol. The molecule has 0 saturated carbocycles. The Bertz CT molecular complexity index is 580. The van der Waals surface area contributed by atoms with Crippen molar-refractivity contribution in [1.82, 2.24) is 4.98 Å². The van der Waals surface area contributed by atoms with Gasteiger partial charge in [-0.3, -0.25) is 0 Å². The smallest absolute Gasteiger partial charge is 0.219 e. The number of halogens is 3. The first-order valence-corrected chi connectivity index (χ1v) is 6.16. The van der Waals surface area contributed by atoms with Gasteiger partial charge in [0.05, 0.1) is 21.8 Å². The van der Waals surface area contributed by atoms with E-state index >= 15 is 0 Å². The van der Waals surface area contributed by atoms with E-state index in [4.69, 9.17) is 21.4 Å². The molecule has 94 valence electrons. The number of rotatable bonds is 3. The Balaban J connectivity index is 2.31. The van der Waals surface area contributed by atoms with E-state index in [0.29, 0.717) is 20.9 Å². The van der Waals surface area contributed by atoms with E-state index in [1.54, 1.807) is 12.1 Å². The first-order chi connectivity index (χ1) is 8.60. The number of pyridine rings is 1. The number of hydrogen-bond acceptors (Lipinski definition) is 3. The maximum atomic E-state index is 13.1. The van der Waals surface area contributed by atoms with E-state index < -0.39 is 5.82 Å². The SMILES string of the molecule is OCc1nc(Oc2cc(F)ccc2Br)ccc1Cl. The predicted octanol–water partition coefficient (Wildman–Crippen LogP) is 3.92. The lowest BCUT2D eigenvalue weighted by atomic mass is 10.3. The number of aromatic nitrogens is 1. The van der Waals surface area contributed by atoms with Gasteiger partial charge in [0, 0.05) is 12.1 Å². The number of hydrogen-bond donors (Lipinski definition) is 1. The fourth-order valence-electron chi connectivity index (χ4n) is 1.30. The largest absolute Gasteiger partial charge is 0.438 e. The molecule has 0 aliphatic carbocycles. The second-order valence-electron chi connectivity index (χ2n) is 3.41. The van der Waals surface area contributed by atoms with Gasteiger partial charge in [-0.2, -0.15) is 0 Å². The third-order valence-corrected chi connectivity index (χ3v) is 3.15. The number of aliphatic hydroxyl groups excluding tert-OH is 1. The molecule has 0 atom stereocenters. The fourth-order valence-corrected chi connectivity index (χ4v) is 1.79. The average Bonchev–Trinajstić information content (AvgIpc) is 2.36. The lowest BCUT2D eigenvalue weighted by Crippen LogP contribution is -1.95. The van der Waals surface area contributed by atoms with Crippen LogP contribution in [0.2, 0.25) is 5.02 Å². The van der Waals surface area contributed by atoms with Crippen molar-refractivity contribution in [3.8, 4) is 11.6 Å². The summed E-state index contributed by atoms with van der Waals surface area (Å²) in [6.45, 7) is -0.291. The van der Waals surface area contributed by atoms with Crippen LogP contribution in [0.4, 0.5) is 4.39 Å². The second-order valence-corrected chi connectivity index (χ2v) is 4.67. The van der Waals surface area contributed by atoms with Crippen molar-refractivity contribution in [3.05, 3.63) is 51.3 Å². The van der Waals surface area contributed by atoms with Crippen LogP contribution in [-0.2, 0) is 6.61 Å². The van der Waals surface area contributed by atoms with Crippen LogP contribution in [0.5, 0.6) is 11.6 Å². The number of nitrogens with zero attached hydrogens (tertiary/aromatic N) is 1. The van der Waals surface area contributed by atoms with Crippen LogP contribution in [-0.4, -0.2) is 10.1 Å². The fraction of sp³-hybridized carbons (Fsp3) is 0.0833. The molecule has 2 aromatic rings. The van der Waals surface area contributed by atoms with Crippen molar-refractivity contribution in [3.63, 3.8) is 0 Å². The summed E-state index contributed by atoms with van der Waals surface area (Å²) >= 11 is 9.05. The lowest BCUT2D eigenvalue weighted by Gasteiger charge is -2.08. The van der Waals surface area contributed by atoms with Gasteiger partial charge in [-0.25, -0.2) is 9.37 Å². The van der Waals surface area contributed by atoms with Gasteiger partial charge in [-0.05, 0) is 34.1 Å². The highest BCUT2D eigenvalue weighted by Crippen LogP contribution is 2.30. The maximum Gasteiger partial charge on any atom is 0.219 e. The summed E-state index contributed by atoms with van der Waals surface area (Å²) in [5, 5.41) is 9.39. The summed E-state index contributed by atoms with van der Waals surface area (Å²) in [6.07, 6.45) is 0. The minimum atomic E-state index is -0.412. The molecule has 0 fully saturated rings. The van der Waals surface area contributed by atoms with E-state index in [2.05, 4.69) is 20.9 Å². The molecule has 0 aliphatic heterocycles. The minimum absolute atomic E-state index is 0.231. The van der Waals surface area contributed by atoms with E-state index in [-0.39, 0.29) is 12.5 Å². The molecule has 0 bridgehead atoms. The monoisotopic (exact) mass is 331 g/mol. The van der Waals surface area contributed by atoms with Crippen LogP contribution in [0.3, 0.4) is 0 Å². The van der Waals surface area contributed by atoms with Gasteiger partial charge in [0.15, 0.2) is 0 Å². The quantitative estimate of drug-likeness (QED) is 0.926. The molecule has 0 spiro atoms. The van der Waals surface area contributed by atoms with Gasteiger partial charge in [0.25, 0.3) is 0 Å². The first-order valence-electron chi connectivity index (χ1n) is 4.99. The summed E-state index contributed by atoms with van der Waals surface area (Å²) in [4.78, 5) is 4.01. The van der Waals surface area contributed by atoms with Crippen molar-refractivity contribution in [2.24, 2.45) is 0 Å². The topological polar surface area (TPSA) is 42.4 Å². The molecule has 2 rings (SSSR count). The Kier molecular flexibility index (Phi) is 4.16. The van der Waals surface area contributed by atoms with Crippen LogP contribution in [0.25, 0.3) is 0 Å². The molecule has 1 N–H and O–H groups in total. The summed E-state index contributed by atoms with van der Waals surface area (Å²) in [6, 6.07) is 7.18. The molecular formula is C12H8BrClFNO2. The third-order valence-electron chi connectivity index (χ3n) is 2.15. The van der Waals surface area contributed by atoms with Crippen LogP contribution in [0.1, 0.15) is 5.69 Å². The van der Waals surface area contributed by atoms with Gasteiger partial charge >= 0.3 is 0 Å². The van der Waals surface area contributed by atoms with E-state index in [1.165, 1.54) is 18.2 Å². The Labute approximate surface area is 116 Å². The van der Waals surface area contributed by atoms with Crippen molar-refractivity contribution in [2.75, 3.05) is 0 Å². The third kappa shape index (κ3) is 2.98. The molecule has 0 aliphatic rings. The van der Waals surface area contributed by atoms with Gasteiger partial charge in [-0.1, -0.05) is 11.6 Å². The summed E-state index contributed by atoms with van der Waals surface area (Å²) in [5.74, 6) is 0.119. The molecule has 0 unspecified atom stereocenters. The maximum absolute atomic E-state index is 13.1. The Morgan fingerprint density at radius 2 is 2.11 bits per heavy atom. The van der Waals surface area contributed by atoms with Crippen molar-refractivity contribution < 1.29 is 14.2 Å². The van der Waals surface area contributed by atoms with Gasteiger partial charge in [-0.15, -0.1) is 0 Å². The number of ether oxygens (including phenoxy) is 1. The first kappa shape index (κ1) is 13.3. The molecule has 1 aromatic heterocycles. The zero-order valence-electron chi connectivity index (χ0n) is 9.03. The second kappa shape index (κ2) is 5.65. The van der Waals surface area contributed by atoms with E-state index in [9.17, 15) is 4.39 Å². The normalized spacial score (nSPS) is 10.4. The summed E-state index contributed by atoms with van der Waals surface area (Å²) < 4.78 is 19.1. The number of benzene rings is 1. The molecule has 3 nitrogen and oxygen atoms in total. The van der Waals surface area contributed by atoms with Crippen molar-refractivity contribution >= 4 is 27.5 Å². The van der Waals surface area contributed by atoms with Crippen LogP contribution >= 0.6 is 27.5 Å². The number of aliphatic hydroxyl groups is 1. The van der Waals surface area contributed by atoms with Crippen LogP contribution < -0.4 is 4.74 Å².